The van der Waals surface area contributed by atoms with Crippen LogP contribution in [0.15, 0.2) is 12.1 Å². The summed E-state index contributed by atoms with van der Waals surface area (Å²) >= 11 is 7.90. The monoisotopic (exact) mass is 327 g/mol. The van der Waals surface area contributed by atoms with E-state index in [0.717, 1.165) is 15.6 Å². The molecule has 0 aliphatic carbocycles. The van der Waals surface area contributed by atoms with E-state index in [2.05, 4.69) is 4.98 Å². The molecule has 2 rings (SSSR count). The molecule has 1 unspecified atom stereocenters. The lowest BCUT2D eigenvalue weighted by Gasteiger charge is -2.16. The van der Waals surface area contributed by atoms with Gasteiger partial charge in [0.25, 0.3) is 0 Å². The molecule has 1 aromatic heterocycles. The van der Waals surface area contributed by atoms with Crippen molar-refractivity contribution in [1.82, 2.24) is 4.98 Å². The van der Waals surface area contributed by atoms with Crippen LogP contribution in [-0.2, 0) is 6.42 Å². The lowest BCUT2D eigenvalue weighted by molar-refractivity contribution is 0.178. The summed E-state index contributed by atoms with van der Waals surface area (Å²) in [4.78, 5) is 5.60. The molecule has 0 fully saturated rings. The SMILES string of the molecule is COc1ccc(C(O)Cc2nc(C)c(C)s2)c(Cl)c1OC. The van der Waals surface area contributed by atoms with Crippen molar-refractivity contribution in [3.8, 4) is 11.5 Å². The van der Waals surface area contributed by atoms with Gasteiger partial charge in [0.15, 0.2) is 11.5 Å². The summed E-state index contributed by atoms with van der Waals surface area (Å²) in [6, 6.07) is 3.49. The molecule has 1 atom stereocenters. The van der Waals surface area contributed by atoms with E-state index in [1.165, 1.54) is 7.11 Å². The van der Waals surface area contributed by atoms with Gasteiger partial charge in [-0.1, -0.05) is 17.7 Å². The second-order valence-electron chi connectivity index (χ2n) is 4.67. The van der Waals surface area contributed by atoms with Gasteiger partial charge in [-0.2, -0.15) is 0 Å². The summed E-state index contributed by atoms with van der Waals surface area (Å²) in [5.41, 5.74) is 1.61. The Kier molecular flexibility index (Phi) is 5.08. The number of rotatable bonds is 5. The maximum absolute atomic E-state index is 10.4. The molecule has 0 saturated heterocycles. The minimum absolute atomic E-state index is 0.370. The molecule has 0 aliphatic rings. The van der Waals surface area contributed by atoms with Crippen molar-refractivity contribution >= 4 is 22.9 Å². The van der Waals surface area contributed by atoms with Gasteiger partial charge in [-0.15, -0.1) is 11.3 Å². The smallest absolute Gasteiger partial charge is 0.179 e. The molecule has 2 aromatic rings. The Hall–Kier alpha value is -1.30. The van der Waals surface area contributed by atoms with Crippen molar-refractivity contribution < 1.29 is 14.6 Å². The molecule has 1 aromatic carbocycles. The zero-order chi connectivity index (χ0) is 15.6. The summed E-state index contributed by atoms with van der Waals surface area (Å²) in [6.45, 7) is 3.98. The van der Waals surface area contributed by atoms with Crippen LogP contribution in [0.4, 0.5) is 0 Å². The van der Waals surface area contributed by atoms with Crippen molar-refractivity contribution in [2.45, 2.75) is 26.4 Å². The van der Waals surface area contributed by atoms with Gasteiger partial charge in [-0.3, -0.25) is 0 Å². The standard InChI is InChI=1S/C15H18ClNO3S/c1-8-9(2)21-13(17-8)7-11(18)10-5-6-12(19-3)15(20-4)14(10)16/h5-6,11,18H,7H2,1-4H3. The second kappa shape index (κ2) is 6.64. The molecular formula is C15H18ClNO3S. The number of methoxy groups -OCH3 is 2. The average molecular weight is 328 g/mol. The minimum Gasteiger partial charge on any atom is -0.493 e. The van der Waals surface area contributed by atoms with E-state index in [0.29, 0.717) is 28.5 Å². The van der Waals surface area contributed by atoms with E-state index < -0.39 is 6.10 Å². The predicted octanol–water partition coefficient (Wildman–Crippen LogP) is 3.71. The molecule has 0 amide bonds. The van der Waals surface area contributed by atoms with Gasteiger partial charge in [0, 0.05) is 16.9 Å². The van der Waals surface area contributed by atoms with Gasteiger partial charge in [0.05, 0.1) is 36.0 Å². The molecule has 0 aliphatic heterocycles. The fourth-order valence-electron chi connectivity index (χ4n) is 2.06. The molecule has 0 saturated carbocycles. The van der Waals surface area contributed by atoms with Crippen LogP contribution < -0.4 is 9.47 Å². The average Bonchev–Trinajstić information content (AvgIpc) is 2.76. The Balaban J connectivity index is 2.28. The van der Waals surface area contributed by atoms with E-state index in [1.807, 2.05) is 13.8 Å². The van der Waals surface area contributed by atoms with E-state index in [4.69, 9.17) is 21.1 Å². The van der Waals surface area contributed by atoms with E-state index in [1.54, 1.807) is 30.6 Å². The van der Waals surface area contributed by atoms with Gasteiger partial charge in [0.2, 0.25) is 0 Å². The lowest BCUT2D eigenvalue weighted by atomic mass is 10.1. The quantitative estimate of drug-likeness (QED) is 0.909. The summed E-state index contributed by atoms with van der Waals surface area (Å²) in [5, 5.41) is 11.7. The molecule has 0 radical (unpaired) electrons. The third kappa shape index (κ3) is 3.31. The zero-order valence-corrected chi connectivity index (χ0v) is 14.0. The number of hydrogen-bond acceptors (Lipinski definition) is 5. The van der Waals surface area contributed by atoms with Gasteiger partial charge >= 0.3 is 0 Å². The van der Waals surface area contributed by atoms with Gasteiger partial charge < -0.3 is 14.6 Å². The predicted molar refractivity (Wildman–Crippen MR) is 84.8 cm³/mol. The normalized spacial score (nSPS) is 12.3. The minimum atomic E-state index is -0.734. The second-order valence-corrected chi connectivity index (χ2v) is 6.34. The van der Waals surface area contributed by atoms with Crippen LogP contribution in [0.25, 0.3) is 0 Å². The number of benzene rings is 1. The number of thiazole rings is 1. The molecule has 0 bridgehead atoms. The number of hydrogen-bond donors (Lipinski definition) is 1. The first-order chi connectivity index (χ1) is 9.97. The van der Waals surface area contributed by atoms with E-state index in [9.17, 15) is 5.11 Å². The van der Waals surface area contributed by atoms with Gasteiger partial charge in [-0.25, -0.2) is 4.98 Å². The molecule has 1 heterocycles. The van der Waals surface area contributed by atoms with Crippen LogP contribution in [0.1, 0.15) is 27.2 Å². The number of aliphatic hydroxyl groups excluding tert-OH is 1. The van der Waals surface area contributed by atoms with Crippen molar-refractivity contribution in [3.63, 3.8) is 0 Å². The number of nitrogens with zero attached hydrogens (tertiary/aromatic N) is 1. The fraction of sp³-hybridized carbons (Fsp3) is 0.400. The van der Waals surface area contributed by atoms with Crippen LogP contribution in [0.2, 0.25) is 5.02 Å². The first-order valence-corrected chi connectivity index (χ1v) is 7.68. The Morgan fingerprint density at radius 3 is 2.52 bits per heavy atom. The van der Waals surface area contributed by atoms with Crippen LogP contribution >= 0.6 is 22.9 Å². The molecule has 1 N–H and O–H groups in total. The summed E-state index contributed by atoms with van der Waals surface area (Å²) in [6.07, 6.45) is -0.309. The van der Waals surface area contributed by atoms with E-state index in [-0.39, 0.29) is 0 Å². The van der Waals surface area contributed by atoms with Crippen LogP contribution in [0.5, 0.6) is 11.5 Å². The molecule has 6 heteroatoms. The Labute approximate surface area is 133 Å². The highest BCUT2D eigenvalue weighted by atomic mass is 35.5. The summed E-state index contributed by atoms with van der Waals surface area (Å²) in [5.74, 6) is 0.974. The van der Waals surface area contributed by atoms with Crippen molar-refractivity contribution in [2.24, 2.45) is 0 Å². The number of aryl methyl sites for hydroxylation is 2. The van der Waals surface area contributed by atoms with Crippen molar-refractivity contribution in [3.05, 3.63) is 38.3 Å². The maximum atomic E-state index is 10.4. The first kappa shape index (κ1) is 16.1. The Bertz CT molecular complexity index is 623. The molecule has 114 valence electrons. The number of ether oxygens (including phenoxy) is 2. The van der Waals surface area contributed by atoms with Gasteiger partial charge in [0.1, 0.15) is 0 Å². The highest BCUT2D eigenvalue weighted by Crippen LogP contribution is 2.40. The Morgan fingerprint density at radius 2 is 2.00 bits per heavy atom. The summed E-state index contributed by atoms with van der Waals surface area (Å²) < 4.78 is 10.4. The zero-order valence-electron chi connectivity index (χ0n) is 12.4. The first-order valence-electron chi connectivity index (χ1n) is 6.49. The largest absolute Gasteiger partial charge is 0.493 e. The lowest BCUT2D eigenvalue weighted by Crippen LogP contribution is -2.04. The number of halogens is 1. The van der Waals surface area contributed by atoms with Crippen LogP contribution in [0, 0.1) is 13.8 Å². The molecule has 0 spiro atoms. The van der Waals surface area contributed by atoms with Crippen molar-refractivity contribution in [2.75, 3.05) is 14.2 Å². The maximum Gasteiger partial charge on any atom is 0.179 e. The van der Waals surface area contributed by atoms with Crippen molar-refractivity contribution in [1.29, 1.82) is 0 Å². The van der Waals surface area contributed by atoms with E-state index >= 15 is 0 Å². The third-order valence-corrected chi connectivity index (χ3v) is 4.80. The number of aromatic nitrogens is 1. The number of aliphatic hydroxyl groups is 1. The van der Waals surface area contributed by atoms with Crippen LogP contribution in [0.3, 0.4) is 0 Å². The molecular weight excluding hydrogens is 310 g/mol. The highest BCUT2D eigenvalue weighted by molar-refractivity contribution is 7.11. The Morgan fingerprint density at radius 1 is 1.29 bits per heavy atom. The highest BCUT2D eigenvalue weighted by Gasteiger charge is 2.20. The topological polar surface area (TPSA) is 51.6 Å². The van der Waals surface area contributed by atoms with Gasteiger partial charge in [-0.05, 0) is 19.9 Å². The molecule has 4 nitrogen and oxygen atoms in total. The molecule has 21 heavy (non-hydrogen) atoms. The van der Waals surface area contributed by atoms with Crippen LogP contribution in [-0.4, -0.2) is 24.3 Å². The summed E-state index contributed by atoms with van der Waals surface area (Å²) in [7, 11) is 3.07. The third-order valence-electron chi connectivity index (χ3n) is 3.31. The fourth-order valence-corrected chi connectivity index (χ4v) is 3.39.